The third-order valence-electron chi connectivity index (χ3n) is 4.19. The molecule has 0 radical (unpaired) electrons. The van der Waals surface area contributed by atoms with Crippen LogP contribution in [0.1, 0.15) is 34.5 Å². The third kappa shape index (κ3) is 2.84. The largest absolute Gasteiger partial charge is 0.351 e. The zero-order chi connectivity index (χ0) is 15.7. The fourth-order valence-electron chi connectivity index (χ4n) is 3.05. The third-order valence-corrected chi connectivity index (χ3v) is 4.19. The van der Waals surface area contributed by atoms with Crippen molar-refractivity contribution in [1.82, 2.24) is 15.2 Å². The lowest BCUT2D eigenvalue weighted by atomic mass is 10.1. The summed E-state index contributed by atoms with van der Waals surface area (Å²) >= 11 is 0. The number of nitrogens with one attached hydrogen (secondary N) is 2. The first-order valence-electron chi connectivity index (χ1n) is 7.70. The highest BCUT2D eigenvalue weighted by molar-refractivity contribution is 6.00. The van der Waals surface area contributed by atoms with Crippen LogP contribution in [-0.2, 0) is 4.79 Å². The van der Waals surface area contributed by atoms with Gasteiger partial charge in [0.25, 0.3) is 5.91 Å². The van der Waals surface area contributed by atoms with Gasteiger partial charge < -0.3 is 15.2 Å². The van der Waals surface area contributed by atoms with E-state index in [1.807, 2.05) is 26.0 Å². The first-order valence-corrected chi connectivity index (χ1v) is 7.70. The lowest BCUT2D eigenvalue weighted by Crippen LogP contribution is -2.38. The van der Waals surface area contributed by atoms with E-state index in [0.29, 0.717) is 5.69 Å². The summed E-state index contributed by atoms with van der Waals surface area (Å²) in [6.45, 7) is 5.73. The standard InChI is InChI=1S/C17H21N3O2/c1-11-7-12(2)13-9-15(19-14(13)8-11)17(22)18-10-16(21)20-5-3-4-6-20/h7-9,19H,3-6,10H2,1-2H3,(H,18,22). The molecule has 1 aromatic carbocycles. The van der Waals surface area contributed by atoms with Gasteiger partial charge in [-0.2, -0.15) is 0 Å². The van der Waals surface area contributed by atoms with Crippen LogP contribution in [-0.4, -0.2) is 41.3 Å². The number of carbonyl (C=O) groups is 2. The van der Waals surface area contributed by atoms with E-state index in [0.717, 1.165) is 48.0 Å². The Hall–Kier alpha value is -2.30. The fourth-order valence-corrected chi connectivity index (χ4v) is 3.05. The van der Waals surface area contributed by atoms with Gasteiger partial charge in [0.2, 0.25) is 5.91 Å². The van der Waals surface area contributed by atoms with Crippen LogP contribution < -0.4 is 5.32 Å². The average molecular weight is 299 g/mol. The molecular formula is C17H21N3O2. The predicted molar refractivity (Wildman–Crippen MR) is 85.9 cm³/mol. The van der Waals surface area contributed by atoms with Crippen LogP contribution in [0.5, 0.6) is 0 Å². The molecule has 0 spiro atoms. The van der Waals surface area contributed by atoms with Gasteiger partial charge in [0, 0.05) is 24.0 Å². The second kappa shape index (κ2) is 5.83. The second-order valence-corrected chi connectivity index (χ2v) is 6.00. The summed E-state index contributed by atoms with van der Waals surface area (Å²) in [5.41, 5.74) is 3.74. The van der Waals surface area contributed by atoms with Crippen molar-refractivity contribution in [2.75, 3.05) is 19.6 Å². The van der Waals surface area contributed by atoms with Gasteiger partial charge in [0.1, 0.15) is 5.69 Å². The van der Waals surface area contributed by atoms with Gasteiger partial charge in [-0.25, -0.2) is 0 Å². The van der Waals surface area contributed by atoms with E-state index >= 15 is 0 Å². The second-order valence-electron chi connectivity index (χ2n) is 6.00. The molecule has 1 aliphatic rings. The van der Waals surface area contributed by atoms with Crippen molar-refractivity contribution in [1.29, 1.82) is 0 Å². The van der Waals surface area contributed by atoms with Crippen LogP contribution >= 0.6 is 0 Å². The van der Waals surface area contributed by atoms with Gasteiger partial charge in [0.05, 0.1) is 6.54 Å². The normalized spacial score (nSPS) is 14.5. The average Bonchev–Trinajstić information content (AvgIpc) is 3.13. The monoisotopic (exact) mass is 299 g/mol. The Labute approximate surface area is 129 Å². The van der Waals surface area contributed by atoms with E-state index in [1.54, 1.807) is 4.90 Å². The van der Waals surface area contributed by atoms with Gasteiger partial charge in [-0.15, -0.1) is 0 Å². The molecule has 0 bridgehead atoms. The van der Waals surface area contributed by atoms with Crippen molar-refractivity contribution in [2.24, 2.45) is 0 Å². The SMILES string of the molecule is Cc1cc(C)c2cc(C(=O)NCC(=O)N3CCCC3)[nH]c2c1. The maximum absolute atomic E-state index is 12.2. The molecule has 5 nitrogen and oxygen atoms in total. The number of aryl methyl sites for hydroxylation is 2. The van der Waals surface area contributed by atoms with Crippen molar-refractivity contribution in [3.05, 3.63) is 35.0 Å². The number of H-pyrrole nitrogens is 1. The molecule has 2 N–H and O–H groups in total. The highest BCUT2D eigenvalue weighted by atomic mass is 16.2. The Kier molecular flexibility index (Phi) is 3.88. The minimum atomic E-state index is -0.235. The Bertz CT molecular complexity index is 727. The van der Waals surface area contributed by atoms with E-state index in [1.165, 1.54) is 0 Å². The maximum atomic E-state index is 12.2. The zero-order valence-electron chi connectivity index (χ0n) is 13.0. The topological polar surface area (TPSA) is 65.2 Å². The summed E-state index contributed by atoms with van der Waals surface area (Å²) in [7, 11) is 0. The van der Waals surface area contributed by atoms with E-state index in [2.05, 4.69) is 16.4 Å². The molecule has 0 unspecified atom stereocenters. The fraction of sp³-hybridized carbons (Fsp3) is 0.412. The molecule has 3 rings (SSSR count). The Morgan fingerprint density at radius 3 is 2.64 bits per heavy atom. The Morgan fingerprint density at radius 1 is 1.18 bits per heavy atom. The van der Waals surface area contributed by atoms with Gasteiger partial charge in [-0.05, 0) is 49.9 Å². The molecule has 0 saturated carbocycles. The van der Waals surface area contributed by atoms with Crippen molar-refractivity contribution in [2.45, 2.75) is 26.7 Å². The van der Waals surface area contributed by atoms with Crippen molar-refractivity contribution < 1.29 is 9.59 Å². The number of hydrogen-bond donors (Lipinski definition) is 2. The summed E-state index contributed by atoms with van der Waals surface area (Å²) in [5, 5.41) is 3.75. The summed E-state index contributed by atoms with van der Waals surface area (Å²) in [4.78, 5) is 29.1. The number of aromatic amines is 1. The molecule has 2 amide bonds. The Balaban J connectivity index is 1.69. The number of hydrogen-bond acceptors (Lipinski definition) is 2. The molecule has 22 heavy (non-hydrogen) atoms. The maximum Gasteiger partial charge on any atom is 0.268 e. The number of fused-ring (bicyclic) bond motifs is 1. The molecule has 2 heterocycles. The molecular weight excluding hydrogens is 278 g/mol. The summed E-state index contributed by atoms with van der Waals surface area (Å²) in [5.74, 6) is -0.241. The van der Waals surface area contributed by atoms with E-state index in [-0.39, 0.29) is 18.4 Å². The van der Waals surface area contributed by atoms with Crippen LogP contribution in [0.3, 0.4) is 0 Å². The number of aromatic nitrogens is 1. The molecule has 5 heteroatoms. The highest BCUT2D eigenvalue weighted by Crippen LogP contribution is 2.21. The van der Waals surface area contributed by atoms with Crippen molar-refractivity contribution in [3.8, 4) is 0 Å². The molecule has 2 aromatic rings. The van der Waals surface area contributed by atoms with E-state index < -0.39 is 0 Å². The molecule has 1 fully saturated rings. The zero-order valence-corrected chi connectivity index (χ0v) is 13.0. The minimum absolute atomic E-state index is 0.00557. The van der Waals surface area contributed by atoms with Gasteiger partial charge in [-0.1, -0.05) is 6.07 Å². The first-order chi connectivity index (χ1) is 10.5. The molecule has 1 aromatic heterocycles. The molecule has 0 aliphatic carbocycles. The predicted octanol–water partition coefficient (Wildman–Crippen LogP) is 2.14. The number of nitrogens with zero attached hydrogens (tertiary/aromatic N) is 1. The first kappa shape index (κ1) is 14.6. The minimum Gasteiger partial charge on any atom is -0.351 e. The molecule has 1 saturated heterocycles. The highest BCUT2D eigenvalue weighted by Gasteiger charge is 2.19. The van der Waals surface area contributed by atoms with Gasteiger partial charge in [0.15, 0.2) is 0 Å². The van der Waals surface area contributed by atoms with Crippen molar-refractivity contribution >= 4 is 22.7 Å². The molecule has 116 valence electrons. The molecule has 1 aliphatic heterocycles. The lowest BCUT2D eigenvalue weighted by molar-refractivity contribution is -0.129. The summed E-state index contributed by atoms with van der Waals surface area (Å²) < 4.78 is 0. The summed E-state index contributed by atoms with van der Waals surface area (Å²) in [6.07, 6.45) is 2.11. The number of carbonyl (C=O) groups excluding carboxylic acids is 2. The van der Waals surface area contributed by atoms with Crippen LogP contribution in [0.4, 0.5) is 0 Å². The summed E-state index contributed by atoms with van der Waals surface area (Å²) in [6, 6.07) is 5.96. The van der Waals surface area contributed by atoms with Crippen LogP contribution in [0.25, 0.3) is 10.9 Å². The van der Waals surface area contributed by atoms with Gasteiger partial charge in [-0.3, -0.25) is 9.59 Å². The number of amides is 2. The number of benzene rings is 1. The van der Waals surface area contributed by atoms with Crippen LogP contribution in [0.2, 0.25) is 0 Å². The van der Waals surface area contributed by atoms with E-state index in [4.69, 9.17) is 0 Å². The number of rotatable bonds is 3. The van der Waals surface area contributed by atoms with Gasteiger partial charge >= 0.3 is 0 Å². The van der Waals surface area contributed by atoms with Crippen LogP contribution in [0.15, 0.2) is 18.2 Å². The van der Waals surface area contributed by atoms with E-state index in [9.17, 15) is 9.59 Å². The lowest BCUT2D eigenvalue weighted by Gasteiger charge is -2.15. The smallest absolute Gasteiger partial charge is 0.268 e. The Morgan fingerprint density at radius 2 is 1.91 bits per heavy atom. The quantitative estimate of drug-likeness (QED) is 0.912. The van der Waals surface area contributed by atoms with Crippen LogP contribution in [0, 0.1) is 13.8 Å². The molecule has 0 atom stereocenters. The van der Waals surface area contributed by atoms with Crippen molar-refractivity contribution in [3.63, 3.8) is 0 Å². The number of likely N-dealkylation sites (tertiary alicyclic amines) is 1.